The molecule has 0 aliphatic carbocycles. The largest absolute Gasteiger partial charge is 0.466 e. The predicted molar refractivity (Wildman–Crippen MR) is 140 cm³/mol. The van der Waals surface area contributed by atoms with Crippen molar-refractivity contribution in [3.63, 3.8) is 0 Å². The van der Waals surface area contributed by atoms with E-state index in [2.05, 4.69) is 49.8 Å². The fourth-order valence-electron chi connectivity index (χ4n) is 4.48. The number of methoxy groups -OCH3 is 1. The highest BCUT2D eigenvalue weighted by molar-refractivity contribution is 6.99. The molecule has 0 saturated heterocycles. The summed E-state index contributed by atoms with van der Waals surface area (Å²) >= 11 is 0. The molecular weight excluding hydrogens is 444 g/mol. The van der Waals surface area contributed by atoms with Gasteiger partial charge in [-0.25, -0.2) is 4.79 Å². The number of hydrogen-bond donors (Lipinski definition) is 2. The Morgan fingerprint density at radius 3 is 1.91 bits per heavy atom. The van der Waals surface area contributed by atoms with Crippen LogP contribution in [0.1, 0.15) is 41.0 Å². The van der Waals surface area contributed by atoms with E-state index in [-0.39, 0.29) is 16.9 Å². The molecule has 0 spiro atoms. The summed E-state index contributed by atoms with van der Waals surface area (Å²) in [7, 11) is -1.35. The summed E-state index contributed by atoms with van der Waals surface area (Å²) in [5.74, 6) is -1.16. The van der Waals surface area contributed by atoms with Crippen molar-refractivity contribution < 1.29 is 24.2 Å². The third kappa shape index (κ3) is 6.66. The maximum Gasteiger partial charge on any atom is 0.330 e. The molecular formula is C28H40O5Si. The Bertz CT molecular complexity index is 868. The van der Waals surface area contributed by atoms with Crippen molar-refractivity contribution in [1.29, 1.82) is 0 Å². The maximum atomic E-state index is 11.3. The van der Waals surface area contributed by atoms with Gasteiger partial charge in [0.05, 0.1) is 19.3 Å². The first kappa shape index (κ1) is 28.0. The molecule has 4 atom stereocenters. The summed E-state index contributed by atoms with van der Waals surface area (Å²) in [5.41, 5.74) is 0. The molecule has 0 aliphatic rings. The van der Waals surface area contributed by atoms with Gasteiger partial charge < -0.3 is 19.4 Å². The fraction of sp³-hybridized carbons (Fsp3) is 0.464. The molecule has 0 aromatic heterocycles. The van der Waals surface area contributed by atoms with Gasteiger partial charge in [0.15, 0.2) is 0 Å². The highest BCUT2D eigenvalue weighted by atomic mass is 28.4. The first-order chi connectivity index (χ1) is 16.0. The molecule has 0 unspecified atom stereocenters. The third-order valence-electron chi connectivity index (χ3n) is 6.57. The second kappa shape index (κ2) is 12.5. The molecule has 2 aromatic carbocycles. The van der Waals surface area contributed by atoms with Crippen LogP contribution in [-0.4, -0.2) is 50.4 Å². The summed E-state index contributed by atoms with van der Waals surface area (Å²) < 4.78 is 11.4. The zero-order valence-electron chi connectivity index (χ0n) is 21.3. The van der Waals surface area contributed by atoms with Gasteiger partial charge in [0.1, 0.15) is 0 Å². The van der Waals surface area contributed by atoms with Crippen LogP contribution in [0.25, 0.3) is 0 Å². The average Bonchev–Trinajstić information content (AvgIpc) is 2.84. The highest BCUT2D eigenvalue weighted by Crippen LogP contribution is 2.37. The van der Waals surface area contributed by atoms with Gasteiger partial charge in [0.25, 0.3) is 8.32 Å². The zero-order chi connectivity index (χ0) is 25.4. The molecule has 2 N–H and O–H groups in total. The minimum absolute atomic E-state index is 0.140. The monoisotopic (exact) mass is 484 g/mol. The number of carbonyl (C=O) groups is 1. The van der Waals surface area contributed by atoms with E-state index in [1.54, 1.807) is 6.08 Å². The summed E-state index contributed by atoms with van der Waals surface area (Å²) in [6, 6.07) is 20.8. The molecule has 6 heteroatoms. The van der Waals surface area contributed by atoms with Crippen LogP contribution >= 0.6 is 0 Å². The average molecular weight is 485 g/mol. The van der Waals surface area contributed by atoms with Crippen molar-refractivity contribution >= 4 is 24.7 Å². The van der Waals surface area contributed by atoms with Crippen LogP contribution < -0.4 is 10.4 Å². The molecule has 2 rings (SSSR count). The first-order valence-electron chi connectivity index (χ1n) is 11.9. The normalized spacial score (nSPS) is 16.1. The van der Waals surface area contributed by atoms with Crippen LogP contribution in [0, 0.1) is 11.8 Å². The van der Waals surface area contributed by atoms with Crippen molar-refractivity contribution in [1.82, 2.24) is 0 Å². The van der Waals surface area contributed by atoms with Gasteiger partial charge >= 0.3 is 5.97 Å². The van der Waals surface area contributed by atoms with E-state index in [0.29, 0.717) is 13.0 Å². The Morgan fingerprint density at radius 2 is 1.47 bits per heavy atom. The quantitative estimate of drug-likeness (QED) is 0.289. The molecule has 0 bridgehead atoms. The molecule has 0 saturated carbocycles. The number of aliphatic hydroxyl groups is 2. The summed E-state index contributed by atoms with van der Waals surface area (Å²) in [6.45, 7) is 10.7. The predicted octanol–water partition coefficient (Wildman–Crippen LogP) is 3.68. The Kier molecular flexibility index (Phi) is 10.2. The lowest BCUT2D eigenvalue weighted by molar-refractivity contribution is -0.134. The van der Waals surface area contributed by atoms with E-state index >= 15 is 0 Å². The number of aliphatic hydroxyl groups excluding tert-OH is 2. The van der Waals surface area contributed by atoms with Gasteiger partial charge in [-0.2, -0.15) is 0 Å². The van der Waals surface area contributed by atoms with Gasteiger partial charge in [-0.1, -0.05) is 101 Å². The number of esters is 1. The smallest absolute Gasteiger partial charge is 0.330 e. The minimum Gasteiger partial charge on any atom is -0.466 e. The van der Waals surface area contributed by atoms with Gasteiger partial charge in [0.2, 0.25) is 0 Å². The van der Waals surface area contributed by atoms with Crippen molar-refractivity contribution in [2.45, 2.75) is 58.3 Å². The standard InChI is InChI=1S/C28H40O5Si/c1-21(17-18-26(30)32-6)27(31)22(2)25(29)19-20-33-34(28(3,4)5,23-13-9-7-10-14-23)24-15-11-8-12-16-24/h7-18,21-22,25,27,29,31H,19-20H2,1-6H3/b18-17+/t21-,22-,25-,27-/m1/s1. The molecule has 0 amide bonds. The molecule has 0 aliphatic heterocycles. The molecule has 5 nitrogen and oxygen atoms in total. The number of benzene rings is 2. The fourth-order valence-corrected chi connectivity index (χ4v) is 9.06. The molecule has 0 fully saturated rings. The Balaban J connectivity index is 2.20. The van der Waals surface area contributed by atoms with Gasteiger partial charge in [-0.05, 0) is 21.8 Å². The highest BCUT2D eigenvalue weighted by Gasteiger charge is 2.50. The Labute approximate surface area is 205 Å². The number of ether oxygens (including phenoxy) is 1. The van der Waals surface area contributed by atoms with Crippen molar-refractivity contribution in [2.75, 3.05) is 13.7 Å². The molecule has 2 aromatic rings. The second-order valence-corrected chi connectivity index (χ2v) is 14.3. The molecule has 186 valence electrons. The van der Waals surface area contributed by atoms with Crippen molar-refractivity contribution in [2.24, 2.45) is 11.8 Å². The van der Waals surface area contributed by atoms with E-state index in [1.165, 1.54) is 23.6 Å². The molecule has 0 radical (unpaired) electrons. The van der Waals surface area contributed by atoms with Gasteiger partial charge in [-0.3, -0.25) is 0 Å². The number of rotatable bonds is 11. The van der Waals surface area contributed by atoms with E-state index in [9.17, 15) is 15.0 Å². The van der Waals surface area contributed by atoms with E-state index in [4.69, 9.17) is 4.43 Å². The number of hydrogen-bond acceptors (Lipinski definition) is 5. The van der Waals surface area contributed by atoms with Crippen LogP contribution in [0.15, 0.2) is 72.8 Å². The lowest BCUT2D eigenvalue weighted by Gasteiger charge is -2.43. The van der Waals surface area contributed by atoms with Crippen LogP contribution in [0.3, 0.4) is 0 Å². The summed E-state index contributed by atoms with van der Waals surface area (Å²) in [6.07, 6.45) is 1.76. The lowest BCUT2D eigenvalue weighted by Crippen LogP contribution is -2.66. The first-order valence-corrected chi connectivity index (χ1v) is 13.8. The van der Waals surface area contributed by atoms with Crippen LogP contribution in [0.5, 0.6) is 0 Å². The molecule has 0 heterocycles. The van der Waals surface area contributed by atoms with Crippen molar-refractivity contribution in [3.8, 4) is 0 Å². The lowest BCUT2D eigenvalue weighted by atomic mass is 9.88. The van der Waals surface area contributed by atoms with E-state index < -0.39 is 26.5 Å². The summed E-state index contributed by atoms with van der Waals surface area (Å²) in [5, 5.41) is 23.8. The van der Waals surface area contributed by atoms with Crippen LogP contribution in [0.4, 0.5) is 0 Å². The topological polar surface area (TPSA) is 76.0 Å². The van der Waals surface area contributed by atoms with Gasteiger partial charge in [0, 0.05) is 24.5 Å². The minimum atomic E-state index is -2.67. The maximum absolute atomic E-state index is 11.3. The Morgan fingerprint density at radius 1 is 0.971 bits per heavy atom. The second-order valence-electron chi connectivity index (χ2n) is 9.96. The van der Waals surface area contributed by atoms with E-state index in [1.807, 2.05) is 50.2 Å². The SMILES string of the molecule is COC(=O)/C=C/[C@@H](C)[C@@H](O)[C@H](C)[C@H](O)CCO[Si](c1ccccc1)(c1ccccc1)C(C)(C)C. The summed E-state index contributed by atoms with van der Waals surface area (Å²) in [4.78, 5) is 11.3. The van der Waals surface area contributed by atoms with E-state index in [0.717, 1.165) is 0 Å². The van der Waals surface area contributed by atoms with Gasteiger partial charge in [-0.15, -0.1) is 0 Å². The zero-order valence-corrected chi connectivity index (χ0v) is 22.3. The van der Waals surface area contributed by atoms with Crippen LogP contribution in [-0.2, 0) is 14.0 Å². The van der Waals surface area contributed by atoms with Crippen molar-refractivity contribution in [3.05, 3.63) is 72.8 Å². The van der Waals surface area contributed by atoms with Crippen LogP contribution in [0.2, 0.25) is 5.04 Å². The molecule has 34 heavy (non-hydrogen) atoms. The number of carbonyl (C=O) groups excluding carboxylic acids is 1. The third-order valence-corrected chi connectivity index (χ3v) is 11.6. The Hall–Kier alpha value is -2.25.